The van der Waals surface area contributed by atoms with Crippen LogP contribution in [-0.4, -0.2) is 11.9 Å². The van der Waals surface area contributed by atoms with E-state index in [0.717, 1.165) is 6.42 Å². The number of esters is 2. The van der Waals surface area contributed by atoms with Crippen LogP contribution in [0, 0.1) is 0 Å². The Bertz CT molecular complexity index is 226. The van der Waals surface area contributed by atoms with Gasteiger partial charge in [0, 0.05) is 11.6 Å². The summed E-state index contributed by atoms with van der Waals surface area (Å²) in [5.41, 5.74) is 0.216. The third kappa shape index (κ3) is 4.44. The van der Waals surface area contributed by atoms with Crippen molar-refractivity contribution in [3.63, 3.8) is 0 Å². The molecule has 0 aromatic rings. The van der Waals surface area contributed by atoms with Gasteiger partial charge in [0.15, 0.2) is 0 Å². The van der Waals surface area contributed by atoms with E-state index in [9.17, 15) is 9.59 Å². The van der Waals surface area contributed by atoms with Crippen LogP contribution in [0.2, 0.25) is 0 Å². The number of ether oxygens (including phenoxy) is 1. The third-order valence-electron chi connectivity index (χ3n) is 1.03. The zero-order chi connectivity index (χ0) is 9.56. The molecule has 0 saturated heterocycles. The van der Waals surface area contributed by atoms with E-state index in [0.29, 0.717) is 0 Å². The Balaban J connectivity index is 3.93. The molecule has 3 nitrogen and oxygen atoms in total. The van der Waals surface area contributed by atoms with Crippen LogP contribution in [0.5, 0.6) is 0 Å². The first-order valence-corrected chi connectivity index (χ1v) is 3.66. The second kappa shape index (κ2) is 5.29. The summed E-state index contributed by atoms with van der Waals surface area (Å²) in [4.78, 5) is 21.5. The summed E-state index contributed by atoms with van der Waals surface area (Å²) in [6.45, 7) is 6.70. The molecule has 0 amide bonds. The molecule has 0 aliphatic carbocycles. The number of carbonyl (C=O) groups is 2. The van der Waals surface area contributed by atoms with E-state index in [1.54, 1.807) is 6.08 Å². The molecule has 0 aromatic heterocycles. The summed E-state index contributed by atoms with van der Waals surface area (Å²) in [6.07, 6.45) is 3.57. The topological polar surface area (TPSA) is 43.4 Å². The van der Waals surface area contributed by atoms with Crippen molar-refractivity contribution < 1.29 is 14.3 Å². The average molecular weight is 168 g/mol. The van der Waals surface area contributed by atoms with Crippen molar-refractivity contribution in [2.24, 2.45) is 0 Å². The molecule has 0 N–H and O–H groups in total. The molecule has 3 heteroatoms. The Morgan fingerprint density at radius 2 is 2.08 bits per heavy atom. The maximum absolute atomic E-state index is 10.7. The van der Waals surface area contributed by atoms with E-state index in [-0.39, 0.29) is 5.57 Å². The fourth-order valence-corrected chi connectivity index (χ4v) is 0.427. The lowest BCUT2D eigenvalue weighted by molar-refractivity contribution is -0.153. The summed E-state index contributed by atoms with van der Waals surface area (Å²) in [6, 6.07) is 0. The normalized spacial score (nSPS) is 9.83. The van der Waals surface area contributed by atoms with Gasteiger partial charge in [-0.15, -0.1) is 0 Å². The predicted octanol–water partition coefficient (Wildman–Crippen LogP) is 1.60. The summed E-state index contributed by atoms with van der Waals surface area (Å²) >= 11 is 0. The van der Waals surface area contributed by atoms with Crippen LogP contribution < -0.4 is 0 Å². The Labute approximate surface area is 71.7 Å². The van der Waals surface area contributed by atoms with Crippen molar-refractivity contribution in [2.45, 2.75) is 20.3 Å². The standard InChI is InChI=1S/C9H12O3/c1-4-5-6-8(10)12-9(11)7(2)3/h5-6H,2,4H2,1,3H3. The van der Waals surface area contributed by atoms with E-state index in [1.165, 1.54) is 13.0 Å². The molecule has 0 aromatic carbocycles. The molecular formula is C9H12O3. The zero-order valence-electron chi connectivity index (χ0n) is 7.29. The first-order chi connectivity index (χ1) is 5.57. The van der Waals surface area contributed by atoms with Crippen LogP contribution in [-0.2, 0) is 14.3 Å². The van der Waals surface area contributed by atoms with Gasteiger partial charge in [-0.2, -0.15) is 0 Å². The Hall–Kier alpha value is -1.38. The number of rotatable bonds is 3. The van der Waals surface area contributed by atoms with E-state index in [1.807, 2.05) is 6.92 Å². The van der Waals surface area contributed by atoms with Crippen LogP contribution in [0.25, 0.3) is 0 Å². The van der Waals surface area contributed by atoms with E-state index >= 15 is 0 Å². The summed E-state index contributed by atoms with van der Waals surface area (Å²) in [7, 11) is 0. The minimum Gasteiger partial charge on any atom is -0.386 e. The van der Waals surface area contributed by atoms with Crippen LogP contribution in [0.15, 0.2) is 24.3 Å². The quantitative estimate of drug-likeness (QED) is 0.365. The number of carbonyl (C=O) groups excluding carboxylic acids is 2. The van der Waals surface area contributed by atoms with Crippen molar-refractivity contribution in [2.75, 3.05) is 0 Å². The monoisotopic (exact) mass is 168 g/mol. The van der Waals surface area contributed by atoms with Gasteiger partial charge in [-0.05, 0) is 13.3 Å². The van der Waals surface area contributed by atoms with Crippen LogP contribution >= 0.6 is 0 Å². The highest BCUT2D eigenvalue weighted by Gasteiger charge is 2.06. The Kier molecular flexibility index (Phi) is 4.69. The predicted molar refractivity (Wildman–Crippen MR) is 45.3 cm³/mol. The number of allylic oxidation sites excluding steroid dienone is 1. The maximum atomic E-state index is 10.7. The highest BCUT2D eigenvalue weighted by atomic mass is 16.6. The lowest BCUT2D eigenvalue weighted by Gasteiger charge is -1.96. The molecule has 0 saturated carbocycles. The molecule has 0 rings (SSSR count). The maximum Gasteiger partial charge on any atom is 0.340 e. The second-order valence-corrected chi connectivity index (χ2v) is 2.30. The van der Waals surface area contributed by atoms with Crippen molar-refractivity contribution in [3.8, 4) is 0 Å². The molecule has 0 atom stereocenters. The Morgan fingerprint density at radius 3 is 2.50 bits per heavy atom. The van der Waals surface area contributed by atoms with Crippen molar-refractivity contribution >= 4 is 11.9 Å². The molecule has 0 heterocycles. The molecule has 66 valence electrons. The van der Waals surface area contributed by atoms with Crippen molar-refractivity contribution in [1.29, 1.82) is 0 Å². The van der Waals surface area contributed by atoms with Gasteiger partial charge in [-0.3, -0.25) is 0 Å². The first kappa shape index (κ1) is 10.6. The lowest BCUT2D eigenvalue weighted by atomic mass is 10.3. The SMILES string of the molecule is C=C(C)C(=O)OC(=O)C=CCC. The van der Waals surface area contributed by atoms with Gasteiger partial charge in [0.25, 0.3) is 0 Å². The lowest BCUT2D eigenvalue weighted by Crippen LogP contribution is -2.10. The minimum atomic E-state index is -0.680. The summed E-state index contributed by atoms with van der Waals surface area (Å²) < 4.78 is 4.35. The zero-order valence-corrected chi connectivity index (χ0v) is 7.29. The van der Waals surface area contributed by atoms with Crippen LogP contribution in [0.1, 0.15) is 20.3 Å². The van der Waals surface area contributed by atoms with Crippen LogP contribution in [0.4, 0.5) is 0 Å². The molecular weight excluding hydrogens is 156 g/mol. The number of hydrogen-bond acceptors (Lipinski definition) is 3. The van der Waals surface area contributed by atoms with Gasteiger partial charge in [-0.25, -0.2) is 9.59 Å². The van der Waals surface area contributed by atoms with Gasteiger partial charge in [0.2, 0.25) is 0 Å². The van der Waals surface area contributed by atoms with Gasteiger partial charge in [0.1, 0.15) is 0 Å². The van der Waals surface area contributed by atoms with Gasteiger partial charge in [0.05, 0.1) is 0 Å². The van der Waals surface area contributed by atoms with Crippen molar-refractivity contribution in [3.05, 3.63) is 24.3 Å². The Morgan fingerprint density at radius 1 is 1.50 bits per heavy atom. The van der Waals surface area contributed by atoms with Crippen molar-refractivity contribution in [1.82, 2.24) is 0 Å². The first-order valence-electron chi connectivity index (χ1n) is 3.66. The average Bonchev–Trinajstić information content (AvgIpc) is 2.00. The highest BCUT2D eigenvalue weighted by Crippen LogP contribution is 1.93. The van der Waals surface area contributed by atoms with Gasteiger partial charge >= 0.3 is 11.9 Å². The fourth-order valence-electron chi connectivity index (χ4n) is 0.427. The van der Waals surface area contributed by atoms with E-state index in [2.05, 4.69) is 11.3 Å². The number of hydrogen-bond donors (Lipinski definition) is 0. The second-order valence-electron chi connectivity index (χ2n) is 2.30. The summed E-state index contributed by atoms with van der Waals surface area (Å²) in [5.74, 6) is -1.33. The molecule has 0 unspecified atom stereocenters. The molecule has 0 aliphatic heterocycles. The third-order valence-corrected chi connectivity index (χ3v) is 1.03. The minimum absolute atomic E-state index is 0.216. The molecule has 12 heavy (non-hydrogen) atoms. The van der Waals surface area contributed by atoms with Gasteiger partial charge in [-0.1, -0.05) is 19.6 Å². The van der Waals surface area contributed by atoms with E-state index < -0.39 is 11.9 Å². The highest BCUT2D eigenvalue weighted by molar-refractivity contribution is 5.98. The molecule has 0 bridgehead atoms. The van der Waals surface area contributed by atoms with E-state index in [4.69, 9.17) is 0 Å². The smallest absolute Gasteiger partial charge is 0.340 e. The van der Waals surface area contributed by atoms with Gasteiger partial charge < -0.3 is 4.74 Å². The largest absolute Gasteiger partial charge is 0.386 e. The molecule has 0 aliphatic rings. The summed E-state index contributed by atoms with van der Waals surface area (Å²) in [5, 5.41) is 0. The van der Waals surface area contributed by atoms with Crippen LogP contribution in [0.3, 0.4) is 0 Å². The molecule has 0 fully saturated rings. The molecule has 0 spiro atoms. The molecule has 0 radical (unpaired) electrons. The fraction of sp³-hybridized carbons (Fsp3) is 0.333.